The van der Waals surface area contributed by atoms with Gasteiger partial charge < -0.3 is 9.47 Å². The summed E-state index contributed by atoms with van der Waals surface area (Å²) < 4.78 is 10.5. The number of hydrogen-bond donors (Lipinski definition) is 0. The van der Waals surface area contributed by atoms with E-state index in [4.69, 9.17) is 9.47 Å². The second-order valence-corrected chi connectivity index (χ2v) is 6.27. The quantitative estimate of drug-likeness (QED) is 0.421. The summed E-state index contributed by atoms with van der Waals surface area (Å²) in [7, 11) is 0. The van der Waals surface area contributed by atoms with E-state index in [1.54, 1.807) is 24.3 Å². The van der Waals surface area contributed by atoms with Gasteiger partial charge in [0.1, 0.15) is 0 Å². The molecular formula is C20H30O4. The van der Waals surface area contributed by atoms with Crippen LogP contribution < -0.4 is 0 Å². The number of hydrogen-bond acceptors (Lipinski definition) is 4. The maximum atomic E-state index is 12.0. The first-order chi connectivity index (χ1) is 11.6. The molecule has 1 aromatic rings. The highest BCUT2D eigenvalue weighted by molar-refractivity contribution is 5.93. The van der Waals surface area contributed by atoms with E-state index < -0.39 is 0 Å². The number of benzene rings is 1. The summed E-state index contributed by atoms with van der Waals surface area (Å²) in [5.41, 5.74) is 0.916. The number of unbranched alkanes of at least 4 members (excludes halogenated alkanes) is 3. The van der Waals surface area contributed by atoms with E-state index in [-0.39, 0.29) is 11.9 Å². The lowest BCUT2D eigenvalue weighted by molar-refractivity contribution is 0.0440. The SMILES string of the molecule is CCCCCCOC(=O)c1ccc(C(=O)OCC(C)CCC)cc1. The van der Waals surface area contributed by atoms with Crippen molar-refractivity contribution in [3.63, 3.8) is 0 Å². The lowest BCUT2D eigenvalue weighted by atomic mass is 10.1. The molecule has 0 aromatic heterocycles. The molecule has 24 heavy (non-hydrogen) atoms. The Hall–Kier alpha value is -1.84. The van der Waals surface area contributed by atoms with Crippen molar-refractivity contribution in [1.29, 1.82) is 0 Å². The Morgan fingerprint density at radius 1 is 0.875 bits per heavy atom. The Labute approximate surface area is 145 Å². The normalized spacial score (nSPS) is 11.8. The second kappa shape index (κ2) is 11.7. The van der Waals surface area contributed by atoms with Gasteiger partial charge in [-0.25, -0.2) is 9.59 Å². The molecule has 134 valence electrons. The van der Waals surface area contributed by atoms with Crippen LogP contribution in [-0.4, -0.2) is 25.2 Å². The Balaban J connectivity index is 2.41. The summed E-state index contributed by atoms with van der Waals surface area (Å²) in [5, 5.41) is 0. The molecule has 0 N–H and O–H groups in total. The lowest BCUT2D eigenvalue weighted by Gasteiger charge is -2.11. The van der Waals surface area contributed by atoms with Crippen molar-refractivity contribution in [2.75, 3.05) is 13.2 Å². The first-order valence-electron chi connectivity index (χ1n) is 9.02. The Morgan fingerprint density at radius 2 is 1.46 bits per heavy atom. The molecule has 0 saturated carbocycles. The van der Waals surface area contributed by atoms with Crippen molar-refractivity contribution in [1.82, 2.24) is 0 Å². The average molecular weight is 334 g/mol. The highest BCUT2D eigenvalue weighted by atomic mass is 16.5. The minimum Gasteiger partial charge on any atom is -0.462 e. The number of ether oxygens (including phenoxy) is 2. The molecule has 0 spiro atoms. The van der Waals surface area contributed by atoms with Crippen LogP contribution in [0.25, 0.3) is 0 Å². The van der Waals surface area contributed by atoms with Crippen molar-refractivity contribution in [3.05, 3.63) is 35.4 Å². The summed E-state index contributed by atoms with van der Waals surface area (Å²) in [6, 6.07) is 6.45. The van der Waals surface area contributed by atoms with Gasteiger partial charge in [0.05, 0.1) is 24.3 Å². The van der Waals surface area contributed by atoms with E-state index in [1.807, 2.05) is 0 Å². The van der Waals surface area contributed by atoms with Crippen molar-refractivity contribution >= 4 is 11.9 Å². The fraction of sp³-hybridized carbons (Fsp3) is 0.600. The predicted molar refractivity (Wildman–Crippen MR) is 95.2 cm³/mol. The zero-order valence-electron chi connectivity index (χ0n) is 15.2. The van der Waals surface area contributed by atoms with Crippen molar-refractivity contribution in [2.24, 2.45) is 5.92 Å². The largest absolute Gasteiger partial charge is 0.462 e. The standard InChI is InChI=1S/C20H30O4/c1-4-6-7-8-14-23-19(21)17-10-12-18(13-11-17)20(22)24-15-16(3)9-5-2/h10-13,16H,4-9,14-15H2,1-3H3. The van der Waals surface area contributed by atoms with E-state index in [1.165, 1.54) is 0 Å². The molecule has 0 aliphatic carbocycles. The average Bonchev–Trinajstić information content (AvgIpc) is 2.59. The molecule has 1 aromatic carbocycles. The molecule has 1 unspecified atom stereocenters. The molecule has 4 nitrogen and oxygen atoms in total. The van der Waals surface area contributed by atoms with E-state index in [0.717, 1.165) is 38.5 Å². The van der Waals surface area contributed by atoms with Crippen LogP contribution in [0.4, 0.5) is 0 Å². The van der Waals surface area contributed by atoms with Crippen LogP contribution in [0.5, 0.6) is 0 Å². The molecule has 0 heterocycles. The highest BCUT2D eigenvalue weighted by Gasteiger charge is 2.12. The number of rotatable bonds is 11. The van der Waals surface area contributed by atoms with Crippen LogP contribution in [0.3, 0.4) is 0 Å². The van der Waals surface area contributed by atoms with E-state index in [0.29, 0.717) is 30.3 Å². The number of esters is 2. The molecule has 1 atom stereocenters. The summed E-state index contributed by atoms with van der Waals surface area (Å²) in [5.74, 6) is -0.332. The third kappa shape index (κ3) is 7.62. The van der Waals surface area contributed by atoms with Crippen LogP contribution in [0.1, 0.15) is 80.0 Å². The second-order valence-electron chi connectivity index (χ2n) is 6.27. The van der Waals surface area contributed by atoms with Gasteiger partial charge in [-0.3, -0.25) is 0 Å². The van der Waals surface area contributed by atoms with Crippen molar-refractivity contribution in [3.8, 4) is 0 Å². The third-order valence-corrected chi connectivity index (χ3v) is 3.87. The lowest BCUT2D eigenvalue weighted by Crippen LogP contribution is -2.12. The molecular weight excluding hydrogens is 304 g/mol. The monoisotopic (exact) mass is 334 g/mol. The fourth-order valence-electron chi connectivity index (χ4n) is 2.40. The molecule has 1 rings (SSSR count). The van der Waals surface area contributed by atoms with Gasteiger partial charge in [0.2, 0.25) is 0 Å². The van der Waals surface area contributed by atoms with Gasteiger partial charge in [0.25, 0.3) is 0 Å². The third-order valence-electron chi connectivity index (χ3n) is 3.87. The van der Waals surface area contributed by atoms with Gasteiger partial charge >= 0.3 is 11.9 Å². The summed E-state index contributed by atoms with van der Waals surface area (Å²) in [6.07, 6.45) is 6.39. The zero-order chi connectivity index (χ0) is 17.8. The van der Waals surface area contributed by atoms with Crippen LogP contribution >= 0.6 is 0 Å². The van der Waals surface area contributed by atoms with E-state index in [2.05, 4.69) is 20.8 Å². The maximum Gasteiger partial charge on any atom is 0.338 e. The summed E-state index contributed by atoms with van der Waals surface area (Å²) in [6.45, 7) is 7.19. The summed E-state index contributed by atoms with van der Waals surface area (Å²) in [4.78, 5) is 23.9. The molecule has 0 aliphatic rings. The molecule has 0 aliphatic heterocycles. The van der Waals surface area contributed by atoms with Crippen LogP contribution in [0.15, 0.2) is 24.3 Å². The van der Waals surface area contributed by atoms with E-state index >= 15 is 0 Å². The Bertz CT molecular complexity index is 493. The Kier molecular flexibility index (Phi) is 9.81. The Morgan fingerprint density at radius 3 is 2.00 bits per heavy atom. The molecule has 0 saturated heterocycles. The van der Waals surface area contributed by atoms with Crippen LogP contribution in [0, 0.1) is 5.92 Å². The predicted octanol–water partition coefficient (Wildman–Crippen LogP) is 5.02. The topological polar surface area (TPSA) is 52.6 Å². The van der Waals surface area contributed by atoms with Gasteiger partial charge in [0, 0.05) is 0 Å². The van der Waals surface area contributed by atoms with Gasteiger partial charge in [-0.1, -0.05) is 46.5 Å². The molecule has 0 amide bonds. The van der Waals surface area contributed by atoms with Crippen LogP contribution in [-0.2, 0) is 9.47 Å². The highest BCUT2D eigenvalue weighted by Crippen LogP contribution is 2.11. The van der Waals surface area contributed by atoms with Gasteiger partial charge in [-0.15, -0.1) is 0 Å². The zero-order valence-corrected chi connectivity index (χ0v) is 15.2. The van der Waals surface area contributed by atoms with Crippen LogP contribution in [0.2, 0.25) is 0 Å². The van der Waals surface area contributed by atoms with Gasteiger partial charge in [-0.05, 0) is 43.0 Å². The maximum absolute atomic E-state index is 12.0. The van der Waals surface area contributed by atoms with Gasteiger partial charge in [0.15, 0.2) is 0 Å². The number of carbonyl (C=O) groups is 2. The van der Waals surface area contributed by atoms with Crippen molar-refractivity contribution in [2.45, 2.75) is 59.3 Å². The fourth-order valence-corrected chi connectivity index (χ4v) is 2.40. The molecule has 0 fully saturated rings. The summed E-state index contributed by atoms with van der Waals surface area (Å²) >= 11 is 0. The van der Waals surface area contributed by atoms with Gasteiger partial charge in [-0.2, -0.15) is 0 Å². The minimum atomic E-state index is -0.350. The molecule has 4 heteroatoms. The van der Waals surface area contributed by atoms with E-state index in [9.17, 15) is 9.59 Å². The smallest absolute Gasteiger partial charge is 0.338 e. The first-order valence-corrected chi connectivity index (χ1v) is 9.02. The number of carbonyl (C=O) groups excluding carboxylic acids is 2. The first kappa shape index (κ1) is 20.2. The van der Waals surface area contributed by atoms with Crippen molar-refractivity contribution < 1.29 is 19.1 Å². The minimum absolute atomic E-state index is 0.344. The molecule has 0 bridgehead atoms. The molecule has 0 radical (unpaired) electrons.